The van der Waals surface area contributed by atoms with Crippen LogP contribution in [-0.2, 0) is 15.8 Å². The van der Waals surface area contributed by atoms with E-state index in [0.717, 1.165) is 24.0 Å². The van der Waals surface area contributed by atoms with E-state index < -0.39 is 10.0 Å². The molecule has 134 valence electrons. The Kier molecular flexibility index (Phi) is 5.56. The van der Waals surface area contributed by atoms with Crippen LogP contribution in [-0.4, -0.2) is 41.9 Å². The number of nitrogens with zero attached hydrogens (tertiary/aromatic N) is 3. The third kappa shape index (κ3) is 4.90. The van der Waals surface area contributed by atoms with Gasteiger partial charge in [0.15, 0.2) is 0 Å². The van der Waals surface area contributed by atoms with Gasteiger partial charge in [0.25, 0.3) is 0 Å². The molecule has 0 bridgehead atoms. The van der Waals surface area contributed by atoms with Crippen LogP contribution in [0.2, 0.25) is 5.02 Å². The second kappa shape index (κ2) is 7.68. The lowest BCUT2D eigenvalue weighted by Crippen LogP contribution is -2.44. The van der Waals surface area contributed by atoms with Crippen molar-refractivity contribution in [2.75, 3.05) is 13.1 Å². The summed E-state index contributed by atoms with van der Waals surface area (Å²) in [5.41, 5.74) is 1.84. The molecule has 0 N–H and O–H groups in total. The summed E-state index contributed by atoms with van der Waals surface area (Å²) in [6.07, 6.45) is 4.16. The maximum Gasteiger partial charge on any atom is 0.316 e. The summed E-state index contributed by atoms with van der Waals surface area (Å²) >= 11 is 5.76. The number of piperidine rings is 1. The van der Waals surface area contributed by atoms with Gasteiger partial charge >= 0.3 is 6.01 Å². The predicted octanol–water partition coefficient (Wildman–Crippen LogP) is 2.81. The normalized spacial score (nSPS) is 18.9. The van der Waals surface area contributed by atoms with Crippen molar-refractivity contribution in [2.24, 2.45) is 0 Å². The van der Waals surface area contributed by atoms with Crippen molar-refractivity contribution in [3.05, 3.63) is 52.8 Å². The Labute approximate surface area is 152 Å². The van der Waals surface area contributed by atoms with Crippen LogP contribution in [0.4, 0.5) is 0 Å². The summed E-state index contributed by atoms with van der Waals surface area (Å²) in [4.78, 5) is 8.01. The van der Waals surface area contributed by atoms with Crippen molar-refractivity contribution in [1.29, 1.82) is 0 Å². The molecule has 0 spiro atoms. The van der Waals surface area contributed by atoms with E-state index in [0.29, 0.717) is 18.1 Å². The molecule has 25 heavy (non-hydrogen) atoms. The van der Waals surface area contributed by atoms with Crippen LogP contribution in [0.15, 0.2) is 36.7 Å². The Hall–Kier alpha value is -1.70. The zero-order chi connectivity index (χ0) is 17.9. The Balaban J connectivity index is 1.66. The van der Waals surface area contributed by atoms with Crippen LogP contribution in [0, 0.1) is 6.92 Å². The molecule has 8 heteroatoms. The minimum absolute atomic E-state index is 0.00115. The molecule has 3 rings (SSSR count). The molecule has 1 aromatic heterocycles. The van der Waals surface area contributed by atoms with Gasteiger partial charge in [-0.2, -0.15) is 4.31 Å². The molecule has 6 nitrogen and oxygen atoms in total. The van der Waals surface area contributed by atoms with Crippen molar-refractivity contribution >= 4 is 21.6 Å². The van der Waals surface area contributed by atoms with Crippen molar-refractivity contribution in [2.45, 2.75) is 31.6 Å². The highest BCUT2D eigenvalue weighted by Gasteiger charge is 2.30. The molecular weight excluding hydrogens is 362 g/mol. The van der Waals surface area contributed by atoms with E-state index in [-0.39, 0.29) is 17.9 Å². The number of hydrogen-bond donors (Lipinski definition) is 0. The van der Waals surface area contributed by atoms with E-state index in [1.54, 1.807) is 0 Å². The molecule has 1 aromatic carbocycles. The van der Waals surface area contributed by atoms with Crippen LogP contribution >= 0.6 is 11.6 Å². The maximum absolute atomic E-state index is 12.7. The molecule has 0 amide bonds. The van der Waals surface area contributed by atoms with E-state index in [4.69, 9.17) is 16.3 Å². The highest BCUT2D eigenvalue weighted by Crippen LogP contribution is 2.21. The lowest BCUT2D eigenvalue weighted by molar-refractivity contribution is 0.119. The summed E-state index contributed by atoms with van der Waals surface area (Å²) in [6, 6.07) is 7.78. The Bertz CT molecular complexity index is 827. The molecule has 0 radical (unpaired) electrons. The van der Waals surface area contributed by atoms with Gasteiger partial charge in [0.2, 0.25) is 10.0 Å². The summed E-state index contributed by atoms with van der Waals surface area (Å²) < 4.78 is 32.7. The number of rotatable bonds is 5. The number of sulfonamides is 1. The fraction of sp³-hybridized carbons (Fsp3) is 0.412. The SMILES string of the molecule is Cc1cccc(CS(=O)(=O)N2CCCC(Oc3ncc(Cl)cn3)C2)c1. The van der Waals surface area contributed by atoms with Crippen LogP contribution in [0.1, 0.15) is 24.0 Å². The van der Waals surface area contributed by atoms with Gasteiger partial charge in [0, 0.05) is 6.54 Å². The molecule has 0 aliphatic carbocycles. The molecule has 1 atom stereocenters. The van der Waals surface area contributed by atoms with E-state index >= 15 is 0 Å². The van der Waals surface area contributed by atoms with E-state index in [2.05, 4.69) is 9.97 Å². The molecule has 1 aliphatic rings. The van der Waals surface area contributed by atoms with Gasteiger partial charge in [-0.15, -0.1) is 0 Å². The standard InChI is InChI=1S/C17H20ClN3O3S/c1-13-4-2-5-14(8-13)12-25(22,23)21-7-3-6-16(11-21)24-17-19-9-15(18)10-20-17/h2,4-5,8-10,16H,3,6-7,11-12H2,1H3. The lowest BCUT2D eigenvalue weighted by Gasteiger charge is -2.31. The van der Waals surface area contributed by atoms with Crippen molar-refractivity contribution < 1.29 is 13.2 Å². The fourth-order valence-corrected chi connectivity index (χ4v) is 4.55. The van der Waals surface area contributed by atoms with Crippen LogP contribution in [0.25, 0.3) is 0 Å². The lowest BCUT2D eigenvalue weighted by atomic mass is 10.1. The molecule has 1 saturated heterocycles. The van der Waals surface area contributed by atoms with Crippen molar-refractivity contribution in [3.8, 4) is 6.01 Å². The molecule has 1 unspecified atom stereocenters. The highest BCUT2D eigenvalue weighted by molar-refractivity contribution is 7.88. The number of ether oxygens (including phenoxy) is 1. The third-order valence-corrected chi connectivity index (χ3v) is 6.05. The Morgan fingerprint density at radius 3 is 2.80 bits per heavy atom. The Morgan fingerprint density at radius 2 is 2.08 bits per heavy atom. The Morgan fingerprint density at radius 1 is 1.32 bits per heavy atom. The van der Waals surface area contributed by atoms with Gasteiger partial charge in [0.1, 0.15) is 6.10 Å². The largest absolute Gasteiger partial charge is 0.459 e. The molecule has 2 aromatic rings. The zero-order valence-electron chi connectivity index (χ0n) is 13.9. The average Bonchev–Trinajstić information content (AvgIpc) is 2.57. The first-order valence-corrected chi connectivity index (χ1v) is 10.1. The second-order valence-corrected chi connectivity index (χ2v) is 8.57. The molecule has 2 heterocycles. The first-order valence-electron chi connectivity index (χ1n) is 8.10. The third-order valence-electron chi connectivity index (χ3n) is 4.03. The monoisotopic (exact) mass is 381 g/mol. The maximum atomic E-state index is 12.7. The number of aryl methyl sites for hydroxylation is 1. The number of hydrogen-bond acceptors (Lipinski definition) is 5. The first kappa shape index (κ1) is 18.1. The summed E-state index contributed by atoms with van der Waals surface area (Å²) in [6.45, 7) is 2.77. The average molecular weight is 382 g/mol. The van der Waals surface area contributed by atoms with E-state index in [1.165, 1.54) is 16.7 Å². The van der Waals surface area contributed by atoms with Gasteiger partial charge in [-0.05, 0) is 25.3 Å². The van der Waals surface area contributed by atoms with E-state index in [9.17, 15) is 8.42 Å². The second-order valence-electron chi connectivity index (χ2n) is 6.17. The quantitative estimate of drug-likeness (QED) is 0.796. The van der Waals surface area contributed by atoms with Crippen LogP contribution in [0.3, 0.4) is 0 Å². The molecular formula is C17H20ClN3O3S. The number of halogens is 1. The predicted molar refractivity (Wildman–Crippen MR) is 96.1 cm³/mol. The van der Waals surface area contributed by atoms with Gasteiger partial charge in [-0.25, -0.2) is 18.4 Å². The number of aromatic nitrogens is 2. The first-order chi connectivity index (χ1) is 11.9. The van der Waals surface area contributed by atoms with Crippen LogP contribution in [0.5, 0.6) is 6.01 Å². The van der Waals surface area contributed by atoms with E-state index in [1.807, 2.05) is 31.2 Å². The van der Waals surface area contributed by atoms with Crippen molar-refractivity contribution in [1.82, 2.24) is 14.3 Å². The molecule has 1 fully saturated rings. The topological polar surface area (TPSA) is 72.4 Å². The minimum Gasteiger partial charge on any atom is -0.459 e. The molecule has 1 aliphatic heterocycles. The smallest absolute Gasteiger partial charge is 0.316 e. The highest BCUT2D eigenvalue weighted by atomic mass is 35.5. The van der Waals surface area contributed by atoms with Gasteiger partial charge in [0.05, 0.1) is 29.7 Å². The van der Waals surface area contributed by atoms with Gasteiger partial charge in [-0.1, -0.05) is 41.4 Å². The molecule has 0 saturated carbocycles. The fourth-order valence-electron chi connectivity index (χ4n) is 2.87. The summed E-state index contributed by atoms with van der Waals surface area (Å²) in [5.74, 6) is -0.00115. The minimum atomic E-state index is -3.39. The van der Waals surface area contributed by atoms with Gasteiger partial charge < -0.3 is 4.74 Å². The van der Waals surface area contributed by atoms with Crippen molar-refractivity contribution in [3.63, 3.8) is 0 Å². The summed E-state index contributed by atoms with van der Waals surface area (Å²) in [5, 5.41) is 0.429. The van der Waals surface area contributed by atoms with Gasteiger partial charge in [-0.3, -0.25) is 0 Å². The number of benzene rings is 1. The summed E-state index contributed by atoms with van der Waals surface area (Å²) in [7, 11) is -3.39. The zero-order valence-corrected chi connectivity index (χ0v) is 15.5. The van der Waals surface area contributed by atoms with Crippen LogP contribution < -0.4 is 4.74 Å².